The predicted octanol–water partition coefficient (Wildman–Crippen LogP) is 5.18. The first-order valence-corrected chi connectivity index (χ1v) is 11.0. The Bertz CT molecular complexity index is 1120. The molecule has 0 fully saturated rings. The summed E-state index contributed by atoms with van der Waals surface area (Å²) in [6, 6.07) is 5.41. The van der Waals surface area contributed by atoms with Crippen LogP contribution in [-0.4, -0.2) is 20.7 Å². The van der Waals surface area contributed by atoms with E-state index in [1.165, 1.54) is 23.1 Å². The summed E-state index contributed by atoms with van der Waals surface area (Å²) in [6.45, 7) is 10.0. The van der Waals surface area contributed by atoms with Crippen molar-refractivity contribution in [3.8, 4) is 0 Å². The molecule has 3 rings (SSSR count). The number of anilines is 1. The van der Waals surface area contributed by atoms with Gasteiger partial charge in [-0.1, -0.05) is 29.4 Å². The molecular weight excluding hydrogens is 414 g/mol. The summed E-state index contributed by atoms with van der Waals surface area (Å²) in [5.74, 6) is -0.161. The standard InChI is InChI=1S/C20H22ClN3O2S2/c1-6-24-19(26)16-10(2)12(4)27-18(16)23-20(24)28-13(5)17(25)22-15-9-7-8-14(21)11(15)3/h7-9,13H,6H2,1-5H3,(H,22,25). The van der Waals surface area contributed by atoms with Crippen molar-refractivity contribution in [2.75, 3.05) is 5.32 Å². The SMILES string of the molecule is CCn1c(SC(C)C(=O)Nc2cccc(Cl)c2C)nc2sc(C)c(C)c2c1=O. The highest BCUT2D eigenvalue weighted by atomic mass is 35.5. The number of amides is 1. The predicted molar refractivity (Wildman–Crippen MR) is 119 cm³/mol. The normalized spacial score (nSPS) is 12.4. The minimum atomic E-state index is -0.428. The van der Waals surface area contributed by atoms with Crippen LogP contribution in [0.2, 0.25) is 5.02 Å². The summed E-state index contributed by atoms with van der Waals surface area (Å²) in [4.78, 5) is 32.1. The van der Waals surface area contributed by atoms with Gasteiger partial charge in [-0.05, 0) is 57.9 Å². The van der Waals surface area contributed by atoms with Gasteiger partial charge in [0.1, 0.15) is 4.83 Å². The molecule has 2 heterocycles. The quantitative estimate of drug-likeness (QED) is 0.443. The van der Waals surface area contributed by atoms with Gasteiger partial charge in [0.2, 0.25) is 5.91 Å². The fraction of sp³-hybridized carbons (Fsp3) is 0.350. The molecule has 0 spiro atoms. The molecule has 1 unspecified atom stereocenters. The van der Waals surface area contributed by atoms with Crippen LogP contribution in [0.15, 0.2) is 28.2 Å². The van der Waals surface area contributed by atoms with Gasteiger partial charge in [0, 0.05) is 22.1 Å². The van der Waals surface area contributed by atoms with E-state index in [9.17, 15) is 9.59 Å². The molecule has 28 heavy (non-hydrogen) atoms. The number of aromatic nitrogens is 2. The number of nitrogens with one attached hydrogen (secondary N) is 1. The number of hydrogen-bond acceptors (Lipinski definition) is 5. The molecule has 1 amide bonds. The fourth-order valence-electron chi connectivity index (χ4n) is 2.87. The number of thioether (sulfide) groups is 1. The van der Waals surface area contributed by atoms with Crippen LogP contribution < -0.4 is 10.9 Å². The van der Waals surface area contributed by atoms with E-state index >= 15 is 0 Å². The molecule has 3 aromatic rings. The lowest BCUT2D eigenvalue weighted by atomic mass is 10.2. The molecule has 5 nitrogen and oxygen atoms in total. The lowest BCUT2D eigenvalue weighted by Crippen LogP contribution is -2.26. The number of benzene rings is 1. The first kappa shape index (κ1) is 20.9. The van der Waals surface area contributed by atoms with E-state index in [0.29, 0.717) is 27.8 Å². The molecule has 0 aliphatic carbocycles. The Balaban J connectivity index is 1.90. The number of carbonyl (C=O) groups excluding carboxylic acids is 1. The number of carbonyl (C=O) groups is 1. The first-order chi connectivity index (χ1) is 13.2. The highest BCUT2D eigenvalue weighted by molar-refractivity contribution is 8.00. The van der Waals surface area contributed by atoms with Crippen LogP contribution in [-0.2, 0) is 11.3 Å². The van der Waals surface area contributed by atoms with E-state index in [4.69, 9.17) is 16.6 Å². The Hall–Kier alpha value is -1.83. The van der Waals surface area contributed by atoms with Gasteiger partial charge >= 0.3 is 0 Å². The molecule has 0 aliphatic rings. The molecule has 0 aliphatic heterocycles. The first-order valence-electron chi connectivity index (χ1n) is 8.97. The topological polar surface area (TPSA) is 64.0 Å². The number of hydrogen-bond donors (Lipinski definition) is 1. The van der Waals surface area contributed by atoms with Gasteiger partial charge in [-0.2, -0.15) is 0 Å². The zero-order chi connectivity index (χ0) is 20.6. The monoisotopic (exact) mass is 435 g/mol. The average Bonchev–Trinajstić information content (AvgIpc) is 2.93. The van der Waals surface area contributed by atoms with Crippen molar-refractivity contribution in [3.63, 3.8) is 0 Å². The molecule has 0 saturated heterocycles. The Morgan fingerprint density at radius 2 is 2.04 bits per heavy atom. The van der Waals surface area contributed by atoms with Gasteiger partial charge in [0.25, 0.3) is 5.56 Å². The smallest absolute Gasteiger partial charge is 0.263 e. The van der Waals surface area contributed by atoms with Crippen LogP contribution >= 0.6 is 34.7 Å². The van der Waals surface area contributed by atoms with Gasteiger partial charge in [-0.3, -0.25) is 14.2 Å². The molecule has 0 saturated carbocycles. The molecule has 148 valence electrons. The number of nitrogens with zero attached hydrogens (tertiary/aromatic N) is 2. The van der Waals surface area contributed by atoms with Crippen LogP contribution in [0, 0.1) is 20.8 Å². The van der Waals surface area contributed by atoms with Crippen LogP contribution in [0.3, 0.4) is 0 Å². The van der Waals surface area contributed by atoms with Gasteiger partial charge in [0.05, 0.1) is 10.6 Å². The van der Waals surface area contributed by atoms with Crippen LogP contribution in [0.25, 0.3) is 10.2 Å². The highest BCUT2D eigenvalue weighted by Crippen LogP contribution is 2.30. The summed E-state index contributed by atoms with van der Waals surface area (Å²) in [5.41, 5.74) is 2.45. The molecule has 1 atom stereocenters. The zero-order valence-electron chi connectivity index (χ0n) is 16.4. The largest absolute Gasteiger partial charge is 0.325 e. The minimum Gasteiger partial charge on any atom is -0.325 e. The van der Waals surface area contributed by atoms with Gasteiger partial charge in [-0.15, -0.1) is 11.3 Å². The Morgan fingerprint density at radius 1 is 1.32 bits per heavy atom. The van der Waals surface area contributed by atoms with Crippen molar-refractivity contribution >= 4 is 56.5 Å². The van der Waals surface area contributed by atoms with Crippen LogP contribution in [0.1, 0.15) is 29.9 Å². The third-order valence-electron chi connectivity index (χ3n) is 4.75. The highest BCUT2D eigenvalue weighted by Gasteiger charge is 2.21. The summed E-state index contributed by atoms with van der Waals surface area (Å²) < 4.78 is 1.64. The number of fused-ring (bicyclic) bond motifs is 1. The number of thiophene rings is 1. The van der Waals surface area contributed by atoms with E-state index in [0.717, 1.165) is 20.8 Å². The average molecular weight is 436 g/mol. The molecule has 1 aromatic carbocycles. The maximum Gasteiger partial charge on any atom is 0.263 e. The van der Waals surface area contributed by atoms with E-state index < -0.39 is 5.25 Å². The Labute approximate surface area is 177 Å². The van der Waals surface area contributed by atoms with Crippen molar-refractivity contribution in [1.82, 2.24) is 9.55 Å². The maximum absolute atomic E-state index is 12.9. The molecule has 1 N–H and O–H groups in total. The maximum atomic E-state index is 12.9. The fourth-order valence-corrected chi connectivity index (χ4v) is 5.08. The van der Waals surface area contributed by atoms with E-state index in [1.54, 1.807) is 23.6 Å². The molecule has 8 heteroatoms. The van der Waals surface area contributed by atoms with E-state index in [-0.39, 0.29) is 11.5 Å². The molecular formula is C20H22ClN3O2S2. The molecule has 2 aromatic heterocycles. The van der Waals surface area contributed by atoms with Crippen LogP contribution in [0.5, 0.6) is 0 Å². The summed E-state index contributed by atoms with van der Waals surface area (Å²) in [7, 11) is 0. The lowest BCUT2D eigenvalue weighted by Gasteiger charge is -2.16. The minimum absolute atomic E-state index is 0.0462. The van der Waals surface area contributed by atoms with E-state index in [1.807, 2.05) is 33.8 Å². The summed E-state index contributed by atoms with van der Waals surface area (Å²) in [5, 5.41) is 4.34. The summed E-state index contributed by atoms with van der Waals surface area (Å²) in [6.07, 6.45) is 0. The number of aryl methyl sites for hydroxylation is 2. The summed E-state index contributed by atoms with van der Waals surface area (Å²) >= 11 is 8.94. The molecule has 0 bridgehead atoms. The Kier molecular flexibility index (Phi) is 6.17. The van der Waals surface area contributed by atoms with Crippen molar-refractivity contribution in [2.45, 2.75) is 51.6 Å². The van der Waals surface area contributed by atoms with Crippen molar-refractivity contribution in [2.24, 2.45) is 0 Å². The van der Waals surface area contributed by atoms with Gasteiger partial charge in [0.15, 0.2) is 5.16 Å². The number of halogens is 1. The Morgan fingerprint density at radius 3 is 2.71 bits per heavy atom. The third kappa shape index (κ3) is 3.83. The van der Waals surface area contributed by atoms with Crippen molar-refractivity contribution < 1.29 is 4.79 Å². The number of rotatable bonds is 5. The van der Waals surface area contributed by atoms with Gasteiger partial charge < -0.3 is 5.32 Å². The second kappa shape index (κ2) is 8.27. The second-order valence-corrected chi connectivity index (χ2v) is 9.49. The molecule has 0 radical (unpaired) electrons. The third-order valence-corrected chi connectivity index (χ3v) is 7.35. The van der Waals surface area contributed by atoms with Gasteiger partial charge in [-0.25, -0.2) is 4.98 Å². The van der Waals surface area contributed by atoms with Crippen LogP contribution in [0.4, 0.5) is 5.69 Å². The van der Waals surface area contributed by atoms with Crippen molar-refractivity contribution in [3.05, 3.63) is 49.6 Å². The van der Waals surface area contributed by atoms with Crippen molar-refractivity contribution in [1.29, 1.82) is 0 Å². The zero-order valence-corrected chi connectivity index (χ0v) is 18.8. The lowest BCUT2D eigenvalue weighted by molar-refractivity contribution is -0.115. The second-order valence-electron chi connectivity index (χ2n) is 6.57. The van der Waals surface area contributed by atoms with E-state index in [2.05, 4.69) is 5.32 Å².